The lowest BCUT2D eigenvalue weighted by Gasteiger charge is -2.13. The number of rotatable bonds is 5. The molecule has 10 heteroatoms. The Hall–Kier alpha value is -3.07. The first-order chi connectivity index (χ1) is 12.0. The van der Waals surface area contributed by atoms with E-state index < -0.39 is 11.5 Å². The standard InChI is InChI=1S/C15H14ClN5O4/c1-24-11-4-9(12(25-2)3-8(11)16)20-13(22)6-21-15(23)14-10(5-19-21)17-7-18-14/h3-5,7H,6H2,1-2H3,(H,17,18)(H,20,22). The van der Waals surface area contributed by atoms with Crippen LogP contribution < -0.4 is 20.3 Å². The maximum absolute atomic E-state index is 12.3. The van der Waals surface area contributed by atoms with Crippen LogP contribution in [0.3, 0.4) is 0 Å². The van der Waals surface area contributed by atoms with Crippen LogP contribution in [-0.4, -0.2) is 39.9 Å². The highest BCUT2D eigenvalue weighted by Gasteiger charge is 2.14. The number of fused-ring (bicyclic) bond motifs is 1. The summed E-state index contributed by atoms with van der Waals surface area (Å²) in [5.41, 5.74) is 0.622. The van der Waals surface area contributed by atoms with Gasteiger partial charge in [-0.05, 0) is 0 Å². The molecule has 0 aliphatic rings. The molecular formula is C15H14ClN5O4. The molecule has 1 aromatic carbocycles. The second kappa shape index (κ2) is 6.81. The summed E-state index contributed by atoms with van der Waals surface area (Å²) in [6.07, 6.45) is 2.83. The molecule has 0 aliphatic heterocycles. The topological polar surface area (TPSA) is 111 Å². The lowest BCUT2D eigenvalue weighted by atomic mass is 10.2. The fourth-order valence-electron chi connectivity index (χ4n) is 2.27. The number of hydrogen-bond donors (Lipinski definition) is 2. The molecule has 9 nitrogen and oxygen atoms in total. The molecule has 2 heterocycles. The van der Waals surface area contributed by atoms with Crippen molar-refractivity contribution in [2.45, 2.75) is 6.54 Å². The number of carbonyl (C=O) groups is 1. The van der Waals surface area contributed by atoms with E-state index in [4.69, 9.17) is 21.1 Å². The van der Waals surface area contributed by atoms with E-state index in [0.717, 1.165) is 4.68 Å². The van der Waals surface area contributed by atoms with Crippen LogP contribution in [-0.2, 0) is 11.3 Å². The van der Waals surface area contributed by atoms with Gasteiger partial charge in [-0.25, -0.2) is 9.67 Å². The minimum Gasteiger partial charge on any atom is -0.495 e. The summed E-state index contributed by atoms with van der Waals surface area (Å²) in [4.78, 5) is 31.2. The fraction of sp³-hybridized carbons (Fsp3) is 0.200. The monoisotopic (exact) mass is 363 g/mol. The van der Waals surface area contributed by atoms with Crippen molar-refractivity contribution in [2.75, 3.05) is 19.5 Å². The average Bonchev–Trinajstić information content (AvgIpc) is 3.08. The van der Waals surface area contributed by atoms with Gasteiger partial charge < -0.3 is 19.8 Å². The van der Waals surface area contributed by atoms with Crippen LogP contribution in [0.1, 0.15) is 0 Å². The molecule has 0 fully saturated rings. The Morgan fingerprint density at radius 3 is 2.80 bits per heavy atom. The third-order valence-electron chi connectivity index (χ3n) is 3.47. The van der Waals surface area contributed by atoms with Crippen LogP contribution in [0, 0.1) is 0 Å². The van der Waals surface area contributed by atoms with Gasteiger partial charge in [0.1, 0.15) is 18.0 Å². The van der Waals surface area contributed by atoms with Crippen molar-refractivity contribution in [3.05, 3.63) is 40.0 Å². The highest BCUT2D eigenvalue weighted by Crippen LogP contribution is 2.35. The zero-order valence-electron chi connectivity index (χ0n) is 13.4. The predicted molar refractivity (Wildman–Crippen MR) is 91.3 cm³/mol. The Labute approximate surface area is 146 Å². The van der Waals surface area contributed by atoms with Crippen LogP contribution >= 0.6 is 11.6 Å². The molecule has 0 aliphatic carbocycles. The lowest BCUT2D eigenvalue weighted by Crippen LogP contribution is -2.29. The first kappa shape index (κ1) is 16.8. The Kier molecular flexibility index (Phi) is 4.57. The van der Waals surface area contributed by atoms with Crippen molar-refractivity contribution in [2.24, 2.45) is 0 Å². The summed E-state index contributed by atoms with van der Waals surface area (Å²) < 4.78 is 11.3. The van der Waals surface area contributed by atoms with Crippen molar-refractivity contribution in [1.82, 2.24) is 19.7 Å². The third kappa shape index (κ3) is 3.26. The number of nitrogens with one attached hydrogen (secondary N) is 2. The van der Waals surface area contributed by atoms with Gasteiger partial charge in [-0.3, -0.25) is 9.59 Å². The van der Waals surface area contributed by atoms with Crippen molar-refractivity contribution in [1.29, 1.82) is 0 Å². The number of ether oxygens (including phenoxy) is 2. The van der Waals surface area contributed by atoms with Gasteiger partial charge in [0.15, 0.2) is 5.52 Å². The van der Waals surface area contributed by atoms with Crippen molar-refractivity contribution in [3.8, 4) is 11.5 Å². The Bertz CT molecular complexity index is 997. The number of carbonyl (C=O) groups excluding carboxylic acids is 1. The number of aromatic amines is 1. The smallest absolute Gasteiger partial charge is 0.295 e. The lowest BCUT2D eigenvalue weighted by molar-refractivity contribution is -0.117. The van der Waals surface area contributed by atoms with Gasteiger partial charge in [-0.1, -0.05) is 11.6 Å². The second-order valence-corrected chi connectivity index (χ2v) is 5.41. The quantitative estimate of drug-likeness (QED) is 0.709. The molecule has 2 N–H and O–H groups in total. The normalized spacial score (nSPS) is 10.7. The summed E-state index contributed by atoms with van der Waals surface area (Å²) in [6.45, 7) is -0.282. The molecule has 0 radical (unpaired) electrons. The molecule has 0 atom stereocenters. The fourth-order valence-corrected chi connectivity index (χ4v) is 2.50. The number of aromatic nitrogens is 4. The maximum atomic E-state index is 12.3. The van der Waals surface area contributed by atoms with E-state index in [1.165, 1.54) is 38.9 Å². The molecule has 25 heavy (non-hydrogen) atoms. The van der Waals surface area contributed by atoms with Crippen LogP contribution in [0.2, 0.25) is 5.02 Å². The van der Waals surface area contributed by atoms with Gasteiger partial charge in [-0.2, -0.15) is 5.10 Å². The minimum absolute atomic E-state index is 0.216. The van der Waals surface area contributed by atoms with Crippen molar-refractivity contribution >= 4 is 34.2 Å². The number of imidazole rings is 1. The Balaban J connectivity index is 1.84. The zero-order valence-corrected chi connectivity index (χ0v) is 14.1. The van der Waals surface area contributed by atoms with E-state index in [1.54, 1.807) is 0 Å². The second-order valence-electron chi connectivity index (χ2n) is 5.01. The number of amides is 1. The molecule has 0 saturated heterocycles. The summed E-state index contributed by atoms with van der Waals surface area (Å²) in [5.74, 6) is 0.278. The third-order valence-corrected chi connectivity index (χ3v) is 3.77. The molecule has 0 bridgehead atoms. The van der Waals surface area contributed by atoms with Crippen molar-refractivity contribution in [3.63, 3.8) is 0 Å². The van der Waals surface area contributed by atoms with Gasteiger partial charge in [-0.15, -0.1) is 0 Å². The van der Waals surface area contributed by atoms with E-state index in [2.05, 4.69) is 20.4 Å². The van der Waals surface area contributed by atoms with Gasteiger partial charge in [0, 0.05) is 12.1 Å². The molecule has 0 unspecified atom stereocenters. The number of anilines is 1. The van der Waals surface area contributed by atoms with E-state index >= 15 is 0 Å². The van der Waals surface area contributed by atoms with Gasteiger partial charge in [0.2, 0.25) is 5.91 Å². The summed E-state index contributed by atoms with van der Waals surface area (Å²) >= 11 is 6.03. The first-order valence-electron chi connectivity index (χ1n) is 7.14. The average molecular weight is 364 g/mol. The SMILES string of the molecule is COc1cc(NC(=O)Cn2ncc3[nH]cnc3c2=O)c(OC)cc1Cl. The van der Waals surface area contributed by atoms with E-state index in [9.17, 15) is 9.59 Å². The zero-order chi connectivity index (χ0) is 18.0. The largest absolute Gasteiger partial charge is 0.495 e. The van der Waals surface area contributed by atoms with Gasteiger partial charge >= 0.3 is 0 Å². The predicted octanol–water partition coefficient (Wildman–Crippen LogP) is 1.43. The molecule has 2 aromatic heterocycles. The Morgan fingerprint density at radius 2 is 2.08 bits per heavy atom. The molecule has 0 saturated carbocycles. The maximum Gasteiger partial charge on any atom is 0.295 e. The van der Waals surface area contributed by atoms with Crippen LogP contribution in [0.25, 0.3) is 11.0 Å². The summed E-state index contributed by atoms with van der Waals surface area (Å²) in [5, 5.41) is 6.94. The number of nitrogens with zero attached hydrogens (tertiary/aromatic N) is 3. The highest BCUT2D eigenvalue weighted by atomic mass is 35.5. The molecule has 3 aromatic rings. The molecule has 130 valence electrons. The van der Waals surface area contributed by atoms with E-state index in [1.807, 2.05) is 0 Å². The molecule has 3 rings (SSSR count). The molecular weight excluding hydrogens is 350 g/mol. The molecule has 0 spiro atoms. The number of H-pyrrole nitrogens is 1. The first-order valence-corrected chi connectivity index (χ1v) is 7.52. The van der Waals surface area contributed by atoms with Gasteiger partial charge in [0.05, 0.1) is 43.0 Å². The summed E-state index contributed by atoms with van der Waals surface area (Å²) in [6, 6.07) is 3.06. The van der Waals surface area contributed by atoms with Crippen molar-refractivity contribution < 1.29 is 14.3 Å². The minimum atomic E-state index is -0.466. The van der Waals surface area contributed by atoms with E-state index in [-0.39, 0.29) is 12.1 Å². The number of benzene rings is 1. The van der Waals surface area contributed by atoms with Crippen LogP contribution in [0.5, 0.6) is 11.5 Å². The Morgan fingerprint density at radius 1 is 1.32 bits per heavy atom. The molecule has 1 amide bonds. The number of methoxy groups -OCH3 is 2. The van der Waals surface area contributed by atoms with Crippen LogP contribution in [0.15, 0.2) is 29.5 Å². The number of hydrogen-bond acceptors (Lipinski definition) is 6. The summed E-state index contributed by atoms with van der Waals surface area (Å²) in [7, 11) is 2.91. The highest BCUT2D eigenvalue weighted by molar-refractivity contribution is 6.32. The van der Waals surface area contributed by atoms with Crippen LogP contribution in [0.4, 0.5) is 5.69 Å². The number of halogens is 1. The van der Waals surface area contributed by atoms with E-state index in [0.29, 0.717) is 27.7 Å². The van der Waals surface area contributed by atoms with Gasteiger partial charge in [0.25, 0.3) is 5.56 Å².